The van der Waals surface area contributed by atoms with Gasteiger partial charge < -0.3 is 10.1 Å². The summed E-state index contributed by atoms with van der Waals surface area (Å²) < 4.78 is 31.6. The fourth-order valence-electron chi connectivity index (χ4n) is 1.42. The Morgan fingerprint density at radius 1 is 0.810 bits per heavy atom. The van der Waals surface area contributed by atoms with Crippen LogP contribution in [0.3, 0.4) is 0 Å². The SMILES string of the molecule is O=S(=O)(O)O.Oc1ccccc1.c1ccc2[nH]ccc2c1. The average Bonchev–Trinajstić information content (AvgIpc) is 2.86. The van der Waals surface area contributed by atoms with Crippen LogP contribution in [0.2, 0.25) is 0 Å². The Kier molecular flexibility index (Phi) is 6.41. The molecule has 0 bridgehead atoms. The summed E-state index contributed by atoms with van der Waals surface area (Å²) in [5, 5.41) is 9.91. The number of hydrogen-bond acceptors (Lipinski definition) is 3. The molecular weight excluding hydrogens is 294 g/mol. The van der Waals surface area contributed by atoms with Gasteiger partial charge in [-0.15, -0.1) is 0 Å². The highest BCUT2D eigenvalue weighted by Crippen LogP contribution is 2.09. The zero-order valence-electron chi connectivity index (χ0n) is 10.9. The molecule has 0 amide bonds. The second kappa shape index (κ2) is 8.05. The van der Waals surface area contributed by atoms with Crippen molar-refractivity contribution < 1.29 is 22.6 Å². The van der Waals surface area contributed by atoms with Crippen LogP contribution in [-0.4, -0.2) is 27.6 Å². The minimum Gasteiger partial charge on any atom is -0.508 e. The number of benzene rings is 2. The molecule has 6 nitrogen and oxygen atoms in total. The molecule has 0 saturated heterocycles. The van der Waals surface area contributed by atoms with E-state index in [0.717, 1.165) is 0 Å². The van der Waals surface area contributed by atoms with Crippen molar-refractivity contribution in [1.82, 2.24) is 4.98 Å². The van der Waals surface area contributed by atoms with Gasteiger partial charge in [-0.05, 0) is 29.7 Å². The first-order valence-corrected chi connectivity index (χ1v) is 7.22. The van der Waals surface area contributed by atoms with E-state index in [0.29, 0.717) is 5.75 Å². The molecule has 4 N–H and O–H groups in total. The van der Waals surface area contributed by atoms with E-state index < -0.39 is 10.4 Å². The Hall–Kier alpha value is -2.35. The van der Waals surface area contributed by atoms with Gasteiger partial charge in [0.05, 0.1) is 0 Å². The molecule has 112 valence electrons. The number of aromatic amines is 1. The summed E-state index contributed by atoms with van der Waals surface area (Å²) in [5.74, 6) is 0.322. The number of H-pyrrole nitrogens is 1. The Balaban J connectivity index is 0.000000166. The number of para-hydroxylation sites is 2. The summed E-state index contributed by atoms with van der Waals surface area (Å²) >= 11 is 0. The topological polar surface area (TPSA) is 111 Å². The number of nitrogens with one attached hydrogen (secondary N) is 1. The van der Waals surface area contributed by atoms with Crippen molar-refractivity contribution >= 4 is 21.3 Å². The fourth-order valence-corrected chi connectivity index (χ4v) is 1.42. The first-order chi connectivity index (χ1) is 9.86. The largest absolute Gasteiger partial charge is 0.508 e. The Morgan fingerprint density at radius 2 is 1.33 bits per heavy atom. The lowest BCUT2D eigenvalue weighted by Gasteiger charge is -1.83. The molecule has 0 aliphatic rings. The van der Waals surface area contributed by atoms with Crippen LogP contribution in [0.5, 0.6) is 5.75 Å². The van der Waals surface area contributed by atoms with E-state index in [1.54, 1.807) is 24.3 Å². The Bertz CT molecular complexity index is 715. The highest BCUT2D eigenvalue weighted by atomic mass is 32.3. The number of aromatic hydroxyl groups is 1. The summed E-state index contributed by atoms with van der Waals surface area (Å²) in [6, 6.07) is 19.0. The minimum absolute atomic E-state index is 0.322. The minimum atomic E-state index is -4.67. The van der Waals surface area contributed by atoms with Crippen molar-refractivity contribution in [2.45, 2.75) is 0 Å². The van der Waals surface area contributed by atoms with Crippen LogP contribution in [0.15, 0.2) is 66.9 Å². The molecule has 0 aliphatic heterocycles. The second-order valence-corrected chi connectivity index (χ2v) is 4.74. The third-order valence-electron chi connectivity index (χ3n) is 2.22. The van der Waals surface area contributed by atoms with Crippen molar-refractivity contribution in [2.75, 3.05) is 0 Å². The number of phenolic OH excluding ortho intramolecular Hbond substituents is 1. The normalized spacial score (nSPS) is 10.0. The average molecular weight is 309 g/mol. The van der Waals surface area contributed by atoms with Crippen LogP contribution in [-0.2, 0) is 10.4 Å². The van der Waals surface area contributed by atoms with Gasteiger partial charge in [-0.1, -0.05) is 36.4 Å². The van der Waals surface area contributed by atoms with E-state index in [1.165, 1.54) is 10.9 Å². The Morgan fingerprint density at radius 3 is 1.81 bits per heavy atom. The lowest BCUT2D eigenvalue weighted by atomic mass is 10.3. The highest BCUT2D eigenvalue weighted by molar-refractivity contribution is 7.79. The molecule has 0 saturated carbocycles. The van der Waals surface area contributed by atoms with Gasteiger partial charge in [0.25, 0.3) is 0 Å². The lowest BCUT2D eigenvalue weighted by Crippen LogP contribution is -1.89. The molecule has 7 heteroatoms. The van der Waals surface area contributed by atoms with E-state index in [4.69, 9.17) is 22.6 Å². The van der Waals surface area contributed by atoms with Gasteiger partial charge in [-0.2, -0.15) is 8.42 Å². The summed E-state index contributed by atoms with van der Waals surface area (Å²) in [6.45, 7) is 0. The Labute approximate surface area is 122 Å². The number of aromatic nitrogens is 1. The predicted molar refractivity (Wildman–Crippen MR) is 80.6 cm³/mol. The summed E-state index contributed by atoms with van der Waals surface area (Å²) in [4.78, 5) is 3.12. The van der Waals surface area contributed by atoms with Crippen LogP contribution in [0, 0.1) is 0 Å². The smallest absolute Gasteiger partial charge is 0.394 e. The predicted octanol–water partition coefficient (Wildman–Crippen LogP) is 2.91. The van der Waals surface area contributed by atoms with Crippen molar-refractivity contribution in [3.8, 4) is 5.75 Å². The van der Waals surface area contributed by atoms with Crippen LogP contribution in [0.4, 0.5) is 0 Å². The zero-order valence-corrected chi connectivity index (χ0v) is 11.7. The van der Waals surface area contributed by atoms with Gasteiger partial charge >= 0.3 is 10.4 Å². The third-order valence-corrected chi connectivity index (χ3v) is 2.22. The standard InChI is InChI=1S/C8H7N.C6H6O.H2O4S/c1-2-4-8-7(3-1)5-6-9-8;7-6-4-2-1-3-5-6;1-5(2,3)4/h1-6,9H;1-5,7H;(H2,1,2,3,4). The number of fused-ring (bicyclic) bond motifs is 1. The second-order valence-electron chi connectivity index (χ2n) is 3.85. The van der Waals surface area contributed by atoms with E-state index >= 15 is 0 Å². The van der Waals surface area contributed by atoms with Gasteiger partial charge in [0.2, 0.25) is 0 Å². The van der Waals surface area contributed by atoms with Crippen molar-refractivity contribution in [3.05, 3.63) is 66.9 Å². The van der Waals surface area contributed by atoms with Gasteiger partial charge in [-0.25, -0.2) is 0 Å². The van der Waals surface area contributed by atoms with Crippen molar-refractivity contribution in [1.29, 1.82) is 0 Å². The van der Waals surface area contributed by atoms with Crippen LogP contribution in [0.1, 0.15) is 0 Å². The maximum absolute atomic E-state index is 8.74. The molecule has 3 rings (SSSR count). The van der Waals surface area contributed by atoms with Crippen LogP contribution >= 0.6 is 0 Å². The first-order valence-electron chi connectivity index (χ1n) is 5.82. The first kappa shape index (κ1) is 16.7. The van der Waals surface area contributed by atoms with E-state index in [1.807, 2.05) is 24.4 Å². The maximum atomic E-state index is 8.74. The van der Waals surface area contributed by atoms with E-state index in [-0.39, 0.29) is 0 Å². The van der Waals surface area contributed by atoms with Gasteiger partial charge in [0.15, 0.2) is 0 Å². The molecule has 0 fully saturated rings. The fraction of sp³-hybridized carbons (Fsp3) is 0. The quantitative estimate of drug-likeness (QED) is 0.477. The maximum Gasteiger partial charge on any atom is 0.394 e. The van der Waals surface area contributed by atoms with E-state index in [9.17, 15) is 0 Å². The molecular formula is C14H15NO5S. The summed E-state index contributed by atoms with van der Waals surface area (Å²) in [5.41, 5.74) is 1.21. The monoisotopic (exact) mass is 309 g/mol. The van der Waals surface area contributed by atoms with Gasteiger partial charge in [-0.3, -0.25) is 9.11 Å². The van der Waals surface area contributed by atoms with Gasteiger partial charge in [0.1, 0.15) is 5.75 Å². The summed E-state index contributed by atoms with van der Waals surface area (Å²) in [6.07, 6.45) is 1.95. The van der Waals surface area contributed by atoms with Crippen LogP contribution < -0.4 is 0 Å². The molecule has 3 aromatic rings. The molecule has 0 aliphatic carbocycles. The van der Waals surface area contributed by atoms with Gasteiger partial charge in [0, 0.05) is 11.7 Å². The number of hydrogen-bond donors (Lipinski definition) is 4. The molecule has 1 heterocycles. The molecule has 21 heavy (non-hydrogen) atoms. The van der Waals surface area contributed by atoms with Crippen molar-refractivity contribution in [3.63, 3.8) is 0 Å². The molecule has 1 aromatic heterocycles. The highest BCUT2D eigenvalue weighted by Gasteiger charge is 1.86. The molecule has 0 atom stereocenters. The molecule has 0 unspecified atom stereocenters. The molecule has 2 aromatic carbocycles. The number of phenols is 1. The lowest BCUT2D eigenvalue weighted by molar-refractivity contribution is 0.381. The van der Waals surface area contributed by atoms with E-state index in [2.05, 4.69) is 23.2 Å². The van der Waals surface area contributed by atoms with Crippen LogP contribution in [0.25, 0.3) is 10.9 Å². The van der Waals surface area contributed by atoms with Crippen molar-refractivity contribution in [2.24, 2.45) is 0 Å². The zero-order chi connectivity index (χ0) is 15.7. The number of rotatable bonds is 0. The summed E-state index contributed by atoms with van der Waals surface area (Å²) in [7, 11) is -4.67. The molecule has 0 spiro atoms. The third kappa shape index (κ3) is 8.43. The molecule has 0 radical (unpaired) electrons.